The fourth-order valence-electron chi connectivity index (χ4n) is 1.30. The molecule has 0 saturated heterocycles. The van der Waals surface area contributed by atoms with Gasteiger partial charge in [0.05, 0.1) is 6.20 Å². The third kappa shape index (κ3) is 2.70. The number of carboxylic acid groups (broad SMARTS) is 1. The molecule has 2 N–H and O–H groups in total. The Hall–Kier alpha value is -2.14. The number of anilines is 2. The highest BCUT2D eigenvalue weighted by molar-refractivity contribution is 6.30. The van der Waals surface area contributed by atoms with Crippen LogP contribution in [-0.2, 0) is 0 Å². The van der Waals surface area contributed by atoms with Crippen LogP contribution in [-0.4, -0.2) is 21.3 Å². The lowest BCUT2D eigenvalue weighted by Gasteiger charge is -2.07. The van der Waals surface area contributed by atoms with Crippen LogP contribution >= 0.6 is 11.6 Å². The fourth-order valence-corrected chi connectivity index (χ4v) is 1.49. The smallest absolute Gasteiger partial charge is 0.339 e. The third-order valence-electron chi connectivity index (χ3n) is 2.04. The number of halogens is 1. The van der Waals surface area contributed by atoms with E-state index < -0.39 is 5.97 Å². The third-order valence-corrected chi connectivity index (χ3v) is 2.27. The van der Waals surface area contributed by atoms with Gasteiger partial charge in [0.2, 0.25) is 0 Å². The minimum absolute atomic E-state index is 0.0555. The molecular weight excluding hydrogens is 242 g/mol. The van der Waals surface area contributed by atoms with Crippen LogP contribution in [0, 0.1) is 0 Å². The van der Waals surface area contributed by atoms with E-state index in [0.29, 0.717) is 10.7 Å². The molecular formula is C11H8ClN3O2. The van der Waals surface area contributed by atoms with Gasteiger partial charge in [0.25, 0.3) is 0 Å². The largest absolute Gasteiger partial charge is 0.478 e. The van der Waals surface area contributed by atoms with Crippen LogP contribution in [0.25, 0.3) is 0 Å². The van der Waals surface area contributed by atoms with Gasteiger partial charge in [-0.15, -0.1) is 5.10 Å². The molecule has 0 aliphatic carbocycles. The Balaban J connectivity index is 2.33. The van der Waals surface area contributed by atoms with Crippen molar-refractivity contribution in [2.45, 2.75) is 0 Å². The van der Waals surface area contributed by atoms with Gasteiger partial charge in [0, 0.05) is 10.7 Å². The van der Waals surface area contributed by atoms with Crippen molar-refractivity contribution in [2.75, 3.05) is 5.32 Å². The first kappa shape index (κ1) is 11.3. The Morgan fingerprint density at radius 2 is 2.18 bits per heavy atom. The summed E-state index contributed by atoms with van der Waals surface area (Å²) in [5.74, 6) is -0.883. The van der Waals surface area contributed by atoms with E-state index in [1.165, 1.54) is 12.3 Å². The van der Waals surface area contributed by atoms with Crippen molar-refractivity contribution in [3.8, 4) is 0 Å². The second-order valence-corrected chi connectivity index (χ2v) is 3.67. The predicted octanol–water partition coefficient (Wildman–Crippen LogP) is 2.57. The molecule has 0 bridgehead atoms. The summed E-state index contributed by atoms with van der Waals surface area (Å²) in [4.78, 5) is 10.9. The van der Waals surface area contributed by atoms with Crippen LogP contribution in [0.1, 0.15) is 10.4 Å². The van der Waals surface area contributed by atoms with Crippen molar-refractivity contribution in [2.24, 2.45) is 0 Å². The molecule has 0 amide bonds. The van der Waals surface area contributed by atoms with Gasteiger partial charge in [-0.2, -0.15) is 5.10 Å². The van der Waals surface area contributed by atoms with E-state index in [4.69, 9.17) is 16.7 Å². The Labute approximate surface area is 102 Å². The zero-order valence-electron chi connectivity index (χ0n) is 8.59. The molecule has 0 radical (unpaired) electrons. The van der Waals surface area contributed by atoms with Crippen molar-refractivity contribution in [1.29, 1.82) is 0 Å². The maximum atomic E-state index is 10.9. The maximum Gasteiger partial charge on any atom is 0.339 e. The lowest BCUT2D eigenvalue weighted by molar-refractivity contribution is 0.0697. The highest BCUT2D eigenvalue weighted by Gasteiger charge is 2.11. The summed E-state index contributed by atoms with van der Waals surface area (Å²) in [7, 11) is 0. The molecule has 1 aromatic carbocycles. The number of carboxylic acids is 1. The molecule has 0 atom stereocenters. The van der Waals surface area contributed by atoms with Crippen molar-refractivity contribution in [3.05, 3.63) is 47.1 Å². The molecule has 0 fully saturated rings. The highest BCUT2D eigenvalue weighted by atomic mass is 35.5. The van der Waals surface area contributed by atoms with Gasteiger partial charge in [-0.3, -0.25) is 0 Å². The predicted molar refractivity (Wildman–Crippen MR) is 63.7 cm³/mol. The zero-order valence-corrected chi connectivity index (χ0v) is 9.35. The number of nitrogens with zero attached hydrogens (tertiary/aromatic N) is 2. The van der Waals surface area contributed by atoms with E-state index in [-0.39, 0.29) is 11.4 Å². The van der Waals surface area contributed by atoms with Crippen LogP contribution < -0.4 is 5.32 Å². The summed E-state index contributed by atoms with van der Waals surface area (Å²) < 4.78 is 0. The van der Waals surface area contributed by atoms with E-state index in [0.717, 1.165) is 0 Å². The number of aromatic carboxylic acids is 1. The highest BCUT2D eigenvalue weighted by Crippen LogP contribution is 2.20. The monoisotopic (exact) mass is 249 g/mol. The van der Waals surface area contributed by atoms with Crippen LogP contribution in [0.5, 0.6) is 0 Å². The van der Waals surface area contributed by atoms with Gasteiger partial charge in [-0.1, -0.05) is 17.7 Å². The number of aromatic nitrogens is 2. The van der Waals surface area contributed by atoms with Crippen molar-refractivity contribution in [3.63, 3.8) is 0 Å². The minimum Gasteiger partial charge on any atom is -0.478 e. The first-order chi connectivity index (χ1) is 8.16. The first-order valence-electron chi connectivity index (χ1n) is 4.74. The topological polar surface area (TPSA) is 75.1 Å². The van der Waals surface area contributed by atoms with Gasteiger partial charge < -0.3 is 10.4 Å². The van der Waals surface area contributed by atoms with E-state index >= 15 is 0 Å². The Kier molecular flexibility index (Phi) is 3.20. The second-order valence-electron chi connectivity index (χ2n) is 3.23. The average molecular weight is 250 g/mol. The normalized spacial score (nSPS) is 9.94. The summed E-state index contributed by atoms with van der Waals surface area (Å²) >= 11 is 5.82. The average Bonchev–Trinajstić information content (AvgIpc) is 2.29. The van der Waals surface area contributed by atoms with Gasteiger partial charge in [-0.05, 0) is 24.3 Å². The molecule has 0 saturated carbocycles. The fraction of sp³-hybridized carbons (Fsp3) is 0. The van der Waals surface area contributed by atoms with E-state index in [9.17, 15) is 4.79 Å². The van der Waals surface area contributed by atoms with Crippen LogP contribution in [0.15, 0.2) is 36.5 Å². The molecule has 6 heteroatoms. The molecule has 1 heterocycles. The minimum atomic E-state index is -1.07. The van der Waals surface area contributed by atoms with Gasteiger partial charge in [0.15, 0.2) is 5.82 Å². The van der Waals surface area contributed by atoms with Gasteiger partial charge in [-0.25, -0.2) is 4.79 Å². The lowest BCUT2D eigenvalue weighted by atomic mass is 10.2. The molecule has 0 unspecified atom stereocenters. The Morgan fingerprint density at radius 1 is 1.35 bits per heavy atom. The number of hydrogen-bond donors (Lipinski definition) is 2. The van der Waals surface area contributed by atoms with Crippen LogP contribution in [0.3, 0.4) is 0 Å². The Bertz CT molecular complexity index is 560. The molecule has 0 aliphatic rings. The summed E-state index contributed by atoms with van der Waals surface area (Å²) in [5.41, 5.74) is 0.709. The first-order valence-corrected chi connectivity index (χ1v) is 5.12. The standard InChI is InChI=1S/C11H8ClN3O2/c12-7-2-1-3-8(6-7)14-10-9(11(16)17)4-5-13-15-10/h1-6H,(H,14,15)(H,16,17). The number of carbonyl (C=O) groups is 1. The van der Waals surface area contributed by atoms with Gasteiger partial charge in [0.1, 0.15) is 5.56 Å². The summed E-state index contributed by atoms with van der Waals surface area (Å²) in [5, 5.41) is 19.7. The van der Waals surface area contributed by atoms with E-state index in [1.807, 2.05) is 0 Å². The summed E-state index contributed by atoms with van der Waals surface area (Å²) in [6.45, 7) is 0. The number of nitrogens with one attached hydrogen (secondary N) is 1. The van der Waals surface area contributed by atoms with Crippen molar-refractivity contribution in [1.82, 2.24) is 10.2 Å². The number of hydrogen-bond acceptors (Lipinski definition) is 4. The second kappa shape index (κ2) is 4.80. The lowest BCUT2D eigenvalue weighted by Crippen LogP contribution is -2.05. The molecule has 86 valence electrons. The SMILES string of the molecule is O=C(O)c1ccnnc1Nc1cccc(Cl)c1. The van der Waals surface area contributed by atoms with Crippen molar-refractivity contribution >= 4 is 29.1 Å². The van der Waals surface area contributed by atoms with E-state index in [2.05, 4.69) is 15.5 Å². The molecule has 1 aromatic heterocycles. The molecule has 17 heavy (non-hydrogen) atoms. The molecule has 2 aromatic rings. The maximum absolute atomic E-state index is 10.9. The summed E-state index contributed by atoms with van der Waals surface area (Å²) in [6, 6.07) is 8.28. The van der Waals surface area contributed by atoms with Gasteiger partial charge >= 0.3 is 5.97 Å². The van der Waals surface area contributed by atoms with E-state index in [1.54, 1.807) is 24.3 Å². The van der Waals surface area contributed by atoms with Crippen LogP contribution in [0.4, 0.5) is 11.5 Å². The molecule has 0 aliphatic heterocycles. The molecule has 5 nitrogen and oxygen atoms in total. The quantitative estimate of drug-likeness (QED) is 0.874. The summed E-state index contributed by atoms with van der Waals surface area (Å²) in [6.07, 6.45) is 1.33. The number of benzene rings is 1. The van der Waals surface area contributed by atoms with Crippen LogP contribution in [0.2, 0.25) is 5.02 Å². The molecule has 2 rings (SSSR count). The zero-order chi connectivity index (χ0) is 12.3. The molecule has 0 spiro atoms. The van der Waals surface area contributed by atoms with Crippen molar-refractivity contribution < 1.29 is 9.90 Å². The Morgan fingerprint density at radius 3 is 2.88 bits per heavy atom. The number of rotatable bonds is 3.